The number of aromatic nitrogens is 2. The molecule has 0 amide bonds. The Kier molecular flexibility index (Phi) is 4.78. The topological polar surface area (TPSA) is 122 Å². The maximum Gasteiger partial charge on any atom is 0.335 e. The number of rotatable bonds is 6. The highest BCUT2D eigenvalue weighted by Gasteiger charge is 2.18. The molecule has 2 N–H and O–H groups in total. The molecule has 2 aromatic carbocycles. The highest BCUT2D eigenvalue weighted by Crippen LogP contribution is 2.17. The van der Waals surface area contributed by atoms with E-state index in [1.165, 1.54) is 42.5 Å². The maximum atomic E-state index is 12.9. The largest absolute Gasteiger partial charge is 0.478 e. The van der Waals surface area contributed by atoms with Gasteiger partial charge in [-0.1, -0.05) is 11.2 Å². The van der Waals surface area contributed by atoms with Crippen LogP contribution in [0.5, 0.6) is 0 Å². The summed E-state index contributed by atoms with van der Waals surface area (Å²) in [5, 5.41) is 12.6. The highest BCUT2D eigenvalue weighted by atomic mass is 32.2. The summed E-state index contributed by atoms with van der Waals surface area (Å²) in [5.41, 5.74) is 0.364. The third-order valence-electron chi connectivity index (χ3n) is 3.38. The molecule has 0 aliphatic heterocycles. The highest BCUT2D eigenvalue weighted by molar-refractivity contribution is 7.89. The minimum atomic E-state index is -3.97. The lowest BCUT2D eigenvalue weighted by atomic mass is 10.2. The molecule has 0 bridgehead atoms. The number of carboxylic acid groups (broad SMARTS) is 1. The van der Waals surface area contributed by atoms with Crippen LogP contribution in [0.2, 0.25) is 0 Å². The van der Waals surface area contributed by atoms with Crippen molar-refractivity contribution in [3.05, 3.63) is 65.8 Å². The molecule has 26 heavy (non-hydrogen) atoms. The van der Waals surface area contributed by atoms with Gasteiger partial charge in [-0.3, -0.25) is 0 Å². The second-order valence-electron chi connectivity index (χ2n) is 5.18. The van der Waals surface area contributed by atoms with E-state index in [0.717, 1.165) is 6.07 Å². The summed E-state index contributed by atoms with van der Waals surface area (Å²) in [6.45, 7) is -0.284. The number of carboxylic acids is 1. The third kappa shape index (κ3) is 3.92. The van der Waals surface area contributed by atoms with Crippen LogP contribution in [0.25, 0.3) is 11.4 Å². The monoisotopic (exact) mass is 377 g/mol. The van der Waals surface area contributed by atoms with Crippen LogP contribution >= 0.6 is 0 Å². The maximum absolute atomic E-state index is 12.9. The molecular formula is C16H12FN3O5S. The number of sulfonamides is 1. The van der Waals surface area contributed by atoms with Crippen LogP contribution in [-0.2, 0) is 16.6 Å². The van der Waals surface area contributed by atoms with Crippen LogP contribution < -0.4 is 4.72 Å². The van der Waals surface area contributed by atoms with E-state index in [-0.39, 0.29) is 28.7 Å². The van der Waals surface area contributed by atoms with E-state index in [1.54, 1.807) is 0 Å². The van der Waals surface area contributed by atoms with Crippen molar-refractivity contribution in [3.8, 4) is 11.4 Å². The van der Waals surface area contributed by atoms with Crippen LogP contribution in [0.3, 0.4) is 0 Å². The summed E-state index contributed by atoms with van der Waals surface area (Å²) in [5.74, 6) is -1.45. The predicted octanol–water partition coefficient (Wildman–Crippen LogP) is 2.05. The molecule has 0 spiro atoms. The van der Waals surface area contributed by atoms with Crippen LogP contribution in [0.4, 0.5) is 4.39 Å². The van der Waals surface area contributed by atoms with E-state index in [0.29, 0.717) is 5.56 Å². The van der Waals surface area contributed by atoms with Crippen molar-refractivity contribution < 1.29 is 27.2 Å². The van der Waals surface area contributed by atoms with E-state index in [1.807, 2.05) is 0 Å². The molecule has 0 fully saturated rings. The average Bonchev–Trinajstić information content (AvgIpc) is 3.10. The lowest BCUT2D eigenvalue weighted by Gasteiger charge is -2.05. The third-order valence-corrected chi connectivity index (χ3v) is 4.77. The summed E-state index contributed by atoms with van der Waals surface area (Å²) < 4.78 is 44.7. The summed E-state index contributed by atoms with van der Waals surface area (Å²) in [4.78, 5) is 14.8. The van der Waals surface area contributed by atoms with Crippen molar-refractivity contribution in [1.29, 1.82) is 0 Å². The van der Waals surface area contributed by atoms with E-state index in [9.17, 15) is 17.6 Å². The van der Waals surface area contributed by atoms with Crippen LogP contribution in [0, 0.1) is 5.82 Å². The number of hydrogen-bond donors (Lipinski definition) is 2. The standard InChI is InChI=1S/C16H12FN3O5S/c17-12-6-4-10(5-7-12)15-19-14(25-20-15)9-18-26(23,24)13-3-1-2-11(8-13)16(21)22/h1-8,18H,9H2,(H,21,22). The van der Waals surface area contributed by atoms with Gasteiger partial charge >= 0.3 is 5.97 Å². The van der Waals surface area contributed by atoms with Crippen molar-refractivity contribution in [1.82, 2.24) is 14.9 Å². The smallest absolute Gasteiger partial charge is 0.335 e. The van der Waals surface area contributed by atoms with Gasteiger partial charge in [0.15, 0.2) is 0 Å². The van der Waals surface area contributed by atoms with E-state index in [4.69, 9.17) is 9.63 Å². The summed E-state index contributed by atoms with van der Waals surface area (Å²) in [7, 11) is -3.97. The second kappa shape index (κ2) is 7.02. The van der Waals surface area contributed by atoms with Gasteiger partial charge in [-0.2, -0.15) is 4.98 Å². The lowest BCUT2D eigenvalue weighted by Crippen LogP contribution is -2.23. The molecule has 0 aliphatic carbocycles. The summed E-state index contributed by atoms with van der Waals surface area (Å²) in [6, 6.07) is 10.3. The minimum absolute atomic E-state index is 0.00212. The Morgan fingerprint density at radius 1 is 1.19 bits per heavy atom. The Bertz CT molecular complexity index is 1050. The molecule has 10 heteroatoms. The zero-order valence-corrected chi connectivity index (χ0v) is 13.9. The van der Waals surface area contributed by atoms with E-state index >= 15 is 0 Å². The molecule has 0 atom stereocenters. The molecule has 1 heterocycles. The Balaban J connectivity index is 1.73. The number of hydrogen-bond acceptors (Lipinski definition) is 6. The van der Waals surface area contributed by atoms with Gasteiger partial charge in [0, 0.05) is 5.56 Å². The molecular weight excluding hydrogens is 365 g/mol. The minimum Gasteiger partial charge on any atom is -0.478 e. The van der Waals surface area contributed by atoms with Gasteiger partial charge in [0.25, 0.3) is 0 Å². The summed E-state index contributed by atoms with van der Waals surface area (Å²) >= 11 is 0. The molecule has 0 saturated carbocycles. The lowest BCUT2D eigenvalue weighted by molar-refractivity contribution is 0.0696. The van der Waals surface area contributed by atoms with Crippen molar-refractivity contribution in [2.24, 2.45) is 0 Å². The summed E-state index contributed by atoms with van der Waals surface area (Å²) in [6.07, 6.45) is 0. The first-order valence-corrected chi connectivity index (χ1v) is 8.75. The number of nitrogens with one attached hydrogen (secondary N) is 1. The number of halogens is 1. The van der Waals surface area contributed by atoms with Gasteiger partial charge < -0.3 is 9.63 Å². The molecule has 8 nitrogen and oxygen atoms in total. The van der Waals surface area contributed by atoms with Crippen molar-refractivity contribution in [2.75, 3.05) is 0 Å². The number of carbonyl (C=O) groups is 1. The van der Waals surface area contributed by atoms with Crippen molar-refractivity contribution in [3.63, 3.8) is 0 Å². The molecule has 3 aromatic rings. The Morgan fingerprint density at radius 3 is 2.62 bits per heavy atom. The fraction of sp³-hybridized carbons (Fsp3) is 0.0625. The number of benzene rings is 2. The molecule has 0 saturated heterocycles. The molecule has 134 valence electrons. The first-order chi connectivity index (χ1) is 12.3. The van der Waals surface area contributed by atoms with Gasteiger partial charge in [0.2, 0.25) is 21.7 Å². The molecule has 0 radical (unpaired) electrons. The van der Waals surface area contributed by atoms with E-state index < -0.39 is 21.8 Å². The average molecular weight is 377 g/mol. The van der Waals surface area contributed by atoms with Crippen LogP contribution in [0.15, 0.2) is 57.9 Å². The number of nitrogens with zero attached hydrogens (tertiary/aromatic N) is 2. The molecule has 1 aromatic heterocycles. The Morgan fingerprint density at radius 2 is 1.92 bits per heavy atom. The van der Waals surface area contributed by atoms with Gasteiger partial charge in [0.1, 0.15) is 5.82 Å². The fourth-order valence-electron chi connectivity index (χ4n) is 2.08. The van der Waals surface area contributed by atoms with Crippen LogP contribution in [-0.4, -0.2) is 29.6 Å². The Hall–Kier alpha value is -3.11. The quantitative estimate of drug-likeness (QED) is 0.674. The molecule has 0 aliphatic rings. The van der Waals surface area contributed by atoms with Gasteiger partial charge in [-0.15, -0.1) is 0 Å². The van der Waals surface area contributed by atoms with Crippen molar-refractivity contribution in [2.45, 2.75) is 11.4 Å². The van der Waals surface area contributed by atoms with Crippen molar-refractivity contribution >= 4 is 16.0 Å². The normalized spacial score (nSPS) is 11.4. The zero-order chi connectivity index (χ0) is 18.7. The van der Waals surface area contributed by atoms with E-state index in [2.05, 4.69) is 14.9 Å². The van der Waals surface area contributed by atoms with Gasteiger partial charge in [0.05, 0.1) is 17.0 Å². The first kappa shape index (κ1) is 17.7. The second-order valence-corrected chi connectivity index (χ2v) is 6.94. The molecule has 3 rings (SSSR count). The van der Waals surface area contributed by atoms with Crippen LogP contribution in [0.1, 0.15) is 16.2 Å². The number of aromatic carboxylic acids is 1. The predicted molar refractivity (Wildman–Crippen MR) is 87.1 cm³/mol. The SMILES string of the molecule is O=C(O)c1cccc(S(=O)(=O)NCc2nc(-c3ccc(F)cc3)no2)c1. The Labute approximate surface area is 147 Å². The molecule has 0 unspecified atom stereocenters. The van der Waals surface area contributed by atoms with Gasteiger partial charge in [-0.25, -0.2) is 22.3 Å². The fourth-order valence-corrected chi connectivity index (χ4v) is 3.10. The zero-order valence-electron chi connectivity index (χ0n) is 13.1. The van der Waals surface area contributed by atoms with Gasteiger partial charge in [-0.05, 0) is 42.5 Å². The first-order valence-electron chi connectivity index (χ1n) is 7.27.